The number of likely N-dealkylation sites (tertiary alicyclic amines) is 2. The van der Waals surface area contributed by atoms with E-state index >= 15 is 0 Å². The molecule has 4 nitrogen and oxygen atoms in total. The van der Waals surface area contributed by atoms with Gasteiger partial charge in [-0.1, -0.05) is 24.1 Å². The topological polar surface area (TPSA) is 32.8 Å². The summed E-state index contributed by atoms with van der Waals surface area (Å²) in [4.78, 5) is 16.0. The molecule has 2 heterocycles. The van der Waals surface area contributed by atoms with Gasteiger partial charge >= 0.3 is 6.09 Å². The molecule has 0 N–H and O–H groups in total. The Labute approximate surface area is 164 Å². The van der Waals surface area contributed by atoms with E-state index in [2.05, 4.69) is 4.90 Å². The number of rotatable bonds is 5. The van der Waals surface area contributed by atoms with E-state index in [9.17, 15) is 13.6 Å². The Kier molecular flexibility index (Phi) is 7.30. The molecule has 2 aliphatic rings. The third-order valence-electron chi connectivity index (χ3n) is 5.70. The Hall–Kier alpha value is -1.40. The lowest BCUT2D eigenvalue weighted by atomic mass is 9.83. The molecule has 1 aromatic carbocycles. The van der Waals surface area contributed by atoms with Crippen LogP contribution in [0.2, 0.25) is 5.02 Å². The van der Waals surface area contributed by atoms with Gasteiger partial charge in [-0.3, -0.25) is 4.90 Å². The van der Waals surface area contributed by atoms with Gasteiger partial charge in [-0.2, -0.15) is 0 Å². The summed E-state index contributed by atoms with van der Waals surface area (Å²) in [7, 11) is 0. The van der Waals surface area contributed by atoms with E-state index < -0.39 is 12.8 Å². The second-order valence-corrected chi connectivity index (χ2v) is 7.80. The highest BCUT2D eigenvalue weighted by molar-refractivity contribution is 6.31. The molecule has 1 atom stereocenters. The van der Waals surface area contributed by atoms with E-state index in [0.717, 1.165) is 44.3 Å². The van der Waals surface area contributed by atoms with E-state index in [-0.39, 0.29) is 12.4 Å². The first kappa shape index (κ1) is 20.3. The number of amides is 1. The number of hydrogen-bond donors (Lipinski definition) is 0. The SMILES string of the molecule is O=C(OCCF)N1CCC(C2CCCCN2Cc2ccc(F)cc2Cl)CC1. The fourth-order valence-electron chi connectivity index (χ4n) is 4.30. The largest absolute Gasteiger partial charge is 0.447 e. The molecule has 0 aliphatic carbocycles. The van der Waals surface area contributed by atoms with Crippen LogP contribution in [0.1, 0.15) is 37.7 Å². The zero-order valence-corrected chi connectivity index (χ0v) is 16.3. The third kappa shape index (κ3) is 5.32. The molecule has 0 aromatic heterocycles. The zero-order valence-electron chi connectivity index (χ0n) is 15.5. The summed E-state index contributed by atoms with van der Waals surface area (Å²) in [5.41, 5.74) is 0.956. The van der Waals surface area contributed by atoms with Gasteiger partial charge in [0.05, 0.1) is 0 Å². The number of halogens is 3. The van der Waals surface area contributed by atoms with Crippen LogP contribution in [0.4, 0.5) is 13.6 Å². The summed E-state index contributed by atoms with van der Waals surface area (Å²) in [5, 5.41) is 0.477. The molecular formula is C20H27ClF2N2O2. The van der Waals surface area contributed by atoms with Gasteiger partial charge in [0.15, 0.2) is 0 Å². The van der Waals surface area contributed by atoms with E-state index in [1.165, 1.54) is 18.6 Å². The van der Waals surface area contributed by atoms with Crippen molar-refractivity contribution in [3.05, 3.63) is 34.6 Å². The number of ether oxygens (including phenoxy) is 1. The predicted octanol–water partition coefficient (Wildman–Crippen LogP) is 4.65. The van der Waals surface area contributed by atoms with Crippen LogP contribution in [0.25, 0.3) is 0 Å². The Morgan fingerprint density at radius 2 is 1.96 bits per heavy atom. The lowest BCUT2D eigenvalue weighted by molar-refractivity contribution is 0.0448. The average molecular weight is 401 g/mol. The maximum Gasteiger partial charge on any atom is 0.409 e. The molecule has 0 bridgehead atoms. The Balaban J connectivity index is 1.58. The minimum atomic E-state index is -0.648. The molecular weight excluding hydrogens is 374 g/mol. The molecule has 3 rings (SSSR count). The summed E-state index contributed by atoms with van der Waals surface area (Å²) < 4.78 is 30.4. The van der Waals surface area contributed by atoms with Crippen LogP contribution in [0.15, 0.2) is 18.2 Å². The molecule has 2 saturated heterocycles. The van der Waals surface area contributed by atoms with Crippen molar-refractivity contribution in [2.45, 2.75) is 44.7 Å². The van der Waals surface area contributed by atoms with Crippen molar-refractivity contribution >= 4 is 17.7 Å². The standard InChI is InChI=1S/C20H27ClF2N2O2/c21-18-13-17(23)5-4-16(18)14-25-9-2-1-3-19(25)15-6-10-24(11-7-15)20(26)27-12-8-22/h4-5,13,15,19H,1-3,6-12,14H2. The number of nitrogens with zero attached hydrogens (tertiary/aromatic N) is 2. The fourth-order valence-corrected chi connectivity index (χ4v) is 4.53. The molecule has 1 amide bonds. The highest BCUT2D eigenvalue weighted by Gasteiger charge is 2.33. The van der Waals surface area contributed by atoms with Crippen LogP contribution >= 0.6 is 11.6 Å². The zero-order chi connectivity index (χ0) is 19.2. The van der Waals surface area contributed by atoms with Crippen LogP contribution in [0.3, 0.4) is 0 Å². The monoisotopic (exact) mass is 400 g/mol. The van der Waals surface area contributed by atoms with Crippen molar-refractivity contribution in [2.24, 2.45) is 5.92 Å². The molecule has 1 unspecified atom stereocenters. The molecule has 27 heavy (non-hydrogen) atoms. The van der Waals surface area contributed by atoms with Gasteiger partial charge in [-0.05, 0) is 55.8 Å². The summed E-state index contributed by atoms with van der Waals surface area (Å²) in [6, 6.07) is 5.05. The summed E-state index contributed by atoms with van der Waals surface area (Å²) in [6.07, 6.45) is 4.92. The maximum atomic E-state index is 13.3. The van der Waals surface area contributed by atoms with Crippen molar-refractivity contribution in [3.63, 3.8) is 0 Å². The van der Waals surface area contributed by atoms with E-state index in [1.807, 2.05) is 0 Å². The lowest BCUT2D eigenvalue weighted by Crippen LogP contribution is -2.48. The number of hydrogen-bond acceptors (Lipinski definition) is 3. The summed E-state index contributed by atoms with van der Waals surface area (Å²) in [6.45, 7) is 2.22. The highest BCUT2D eigenvalue weighted by atomic mass is 35.5. The smallest absolute Gasteiger partial charge is 0.409 e. The second-order valence-electron chi connectivity index (χ2n) is 7.40. The van der Waals surface area contributed by atoms with E-state index in [1.54, 1.807) is 11.0 Å². The van der Waals surface area contributed by atoms with Gasteiger partial charge < -0.3 is 9.64 Å². The Bertz CT molecular complexity index is 638. The van der Waals surface area contributed by atoms with E-state index in [4.69, 9.17) is 16.3 Å². The third-order valence-corrected chi connectivity index (χ3v) is 6.05. The first-order chi connectivity index (χ1) is 13.1. The molecule has 0 spiro atoms. The Morgan fingerprint density at radius 3 is 2.67 bits per heavy atom. The minimum Gasteiger partial charge on any atom is -0.447 e. The van der Waals surface area contributed by atoms with Crippen LogP contribution in [-0.4, -0.2) is 54.9 Å². The number of alkyl halides is 1. The van der Waals surface area contributed by atoms with Crippen molar-refractivity contribution in [2.75, 3.05) is 32.9 Å². The first-order valence-corrected chi connectivity index (χ1v) is 10.1. The van der Waals surface area contributed by atoms with Gasteiger partial charge in [0.25, 0.3) is 0 Å². The summed E-state index contributed by atoms with van der Waals surface area (Å²) >= 11 is 6.23. The number of benzene rings is 1. The van der Waals surface area contributed by atoms with Gasteiger partial charge in [-0.15, -0.1) is 0 Å². The Morgan fingerprint density at radius 1 is 1.19 bits per heavy atom. The number of carbonyl (C=O) groups excluding carboxylic acids is 1. The molecule has 2 aliphatic heterocycles. The van der Waals surface area contributed by atoms with Crippen molar-refractivity contribution in [3.8, 4) is 0 Å². The molecule has 1 aromatic rings. The molecule has 2 fully saturated rings. The van der Waals surface area contributed by atoms with E-state index in [0.29, 0.717) is 30.1 Å². The maximum absolute atomic E-state index is 13.3. The van der Waals surface area contributed by atoms with Gasteiger partial charge in [0.1, 0.15) is 19.1 Å². The van der Waals surface area contributed by atoms with Crippen LogP contribution in [0, 0.1) is 11.7 Å². The predicted molar refractivity (Wildman–Crippen MR) is 101 cm³/mol. The van der Waals surface area contributed by atoms with Crippen molar-refractivity contribution in [1.82, 2.24) is 9.80 Å². The average Bonchev–Trinajstić information content (AvgIpc) is 2.69. The molecule has 150 valence electrons. The molecule has 7 heteroatoms. The number of piperidine rings is 2. The lowest BCUT2D eigenvalue weighted by Gasteiger charge is -2.43. The minimum absolute atomic E-state index is 0.173. The van der Waals surface area contributed by atoms with Crippen LogP contribution in [-0.2, 0) is 11.3 Å². The second kappa shape index (κ2) is 9.69. The van der Waals surface area contributed by atoms with Crippen LogP contribution < -0.4 is 0 Å². The van der Waals surface area contributed by atoms with Crippen molar-refractivity contribution < 1.29 is 18.3 Å². The molecule has 0 radical (unpaired) electrons. The molecule has 0 saturated carbocycles. The highest BCUT2D eigenvalue weighted by Crippen LogP contribution is 2.32. The van der Waals surface area contributed by atoms with Gasteiger partial charge in [0.2, 0.25) is 0 Å². The summed E-state index contributed by atoms with van der Waals surface area (Å²) in [5.74, 6) is 0.195. The van der Waals surface area contributed by atoms with Crippen LogP contribution in [0.5, 0.6) is 0 Å². The van der Waals surface area contributed by atoms with Gasteiger partial charge in [0, 0.05) is 30.7 Å². The van der Waals surface area contributed by atoms with Crippen molar-refractivity contribution in [1.29, 1.82) is 0 Å². The normalized spacial score (nSPS) is 22.0. The quantitative estimate of drug-likeness (QED) is 0.721. The first-order valence-electron chi connectivity index (χ1n) is 9.74. The van der Waals surface area contributed by atoms with Gasteiger partial charge in [-0.25, -0.2) is 13.6 Å². The number of carbonyl (C=O) groups is 1. The fraction of sp³-hybridized carbons (Fsp3) is 0.650.